The quantitative estimate of drug-likeness (QED) is 0.592. The van der Waals surface area contributed by atoms with Crippen LogP contribution in [-0.4, -0.2) is 27.8 Å². The molecule has 1 heterocycles. The van der Waals surface area contributed by atoms with E-state index in [1.165, 1.54) is 0 Å². The maximum Gasteiger partial charge on any atom is 0.293 e. The van der Waals surface area contributed by atoms with Gasteiger partial charge in [-0.15, -0.1) is 0 Å². The maximum atomic E-state index is 12.7. The van der Waals surface area contributed by atoms with Gasteiger partial charge in [-0.25, -0.2) is 0 Å². The van der Waals surface area contributed by atoms with Crippen LogP contribution in [-0.2, 0) is 11.3 Å². The van der Waals surface area contributed by atoms with Gasteiger partial charge < -0.3 is 9.84 Å². The highest BCUT2D eigenvalue weighted by atomic mass is 79.9. The van der Waals surface area contributed by atoms with E-state index in [2.05, 4.69) is 15.9 Å². The largest absolute Gasteiger partial charge is 0.503 e. The molecule has 1 aliphatic heterocycles. The number of rotatable bonds is 5. The minimum atomic E-state index is -0.382. The second-order valence-corrected chi connectivity index (χ2v) is 7.90. The molecule has 0 spiro atoms. The Bertz CT molecular complexity index is 947. The highest BCUT2D eigenvalue weighted by Gasteiger charge is 2.35. The summed E-state index contributed by atoms with van der Waals surface area (Å²) >= 11 is 10.3. The van der Waals surface area contributed by atoms with Gasteiger partial charge in [-0.3, -0.25) is 14.5 Å². The molecular formula is C19H15BrClNO4S. The average molecular weight is 469 g/mol. The number of thioether (sulfide) groups is 1. The second kappa shape index (κ2) is 8.37. The third-order valence-electron chi connectivity index (χ3n) is 3.81. The highest BCUT2D eigenvalue weighted by molar-refractivity contribution is 9.10. The van der Waals surface area contributed by atoms with E-state index >= 15 is 0 Å². The zero-order valence-electron chi connectivity index (χ0n) is 14.2. The van der Waals surface area contributed by atoms with Crippen LogP contribution in [0.5, 0.6) is 11.5 Å². The van der Waals surface area contributed by atoms with Crippen molar-refractivity contribution < 1.29 is 19.4 Å². The lowest BCUT2D eigenvalue weighted by atomic mass is 10.1. The summed E-state index contributed by atoms with van der Waals surface area (Å²) in [5.74, 6) is -0.0960. The van der Waals surface area contributed by atoms with Gasteiger partial charge in [0.1, 0.15) is 0 Å². The molecule has 0 unspecified atom stereocenters. The summed E-state index contributed by atoms with van der Waals surface area (Å²) in [6.07, 6.45) is 1.60. The lowest BCUT2D eigenvalue weighted by Crippen LogP contribution is -2.27. The molecule has 1 aliphatic rings. The molecule has 8 heteroatoms. The average Bonchev–Trinajstić information content (AvgIpc) is 2.88. The first-order chi connectivity index (χ1) is 12.9. The monoisotopic (exact) mass is 467 g/mol. The number of halogens is 2. The molecule has 0 bridgehead atoms. The summed E-state index contributed by atoms with van der Waals surface area (Å²) in [5, 5.41) is 10.2. The molecule has 3 rings (SSSR count). The standard InChI is InChI=1S/C19H15BrClNO4S/c1-2-26-15-8-11(7-13(20)17(15)23)9-16-18(24)22(19(25)27-16)10-12-5-3-4-6-14(12)21/h3-9,23H,2,10H2,1H3/b16-9-. The second-order valence-electron chi connectivity index (χ2n) is 5.64. The summed E-state index contributed by atoms with van der Waals surface area (Å²) in [7, 11) is 0. The molecule has 2 amide bonds. The number of benzene rings is 2. The fourth-order valence-electron chi connectivity index (χ4n) is 2.53. The van der Waals surface area contributed by atoms with Gasteiger partial charge in [0.25, 0.3) is 11.1 Å². The van der Waals surface area contributed by atoms with Crippen molar-refractivity contribution in [2.45, 2.75) is 13.5 Å². The summed E-state index contributed by atoms with van der Waals surface area (Å²) < 4.78 is 5.83. The van der Waals surface area contributed by atoms with Gasteiger partial charge in [0.2, 0.25) is 0 Å². The third kappa shape index (κ3) is 4.31. The van der Waals surface area contributed by atoms with Gasteiger partial charge in [0.15, 0.2) is 11.5 Å². The van der Waals surface area contributed by atoms with Crippen LogP contribution in [0.1, 0.15) is 18.1 Å². The molecule has 1 N–H and O–H groups in total. The highest BCUT2D eigenvalue weighted by Crippen LogP contribution is 2.38. The zero-order chi connectivity index (χ0) is 19.6. The predicted octanol–water partition coefficient (Wildman–Crippen LogP) is 5.44. The van der Waals surface area contributed by atoms with Crippen molar-refractivity contribution in [1.29, 1.82) is 0 Å². The van der Waals surface area contributed by atoms with Crippen LogP contribution in [0.4, 0.5) is 4.79 Å². The van der Waals surface area contributed by atoms with Gasteiger partial charge in [0, 0.05) is 5.02 Å². The van der Waals surface area contributed by atoms with Gasteiger partial charge in [-0.05, 0) is 70.0 Å². The third-order valence-corrected chi connectivity index (χ3v) is 5.69. The van der Waals surface area contributed by atoms with E-state index in [1.54, 1.807) is 49.4 Å². The molecule has 27 heavy (non-hydrogen) atoms. The van der Waals surface area contributed by atoms with E-state index in [9.17, 15) is 14.7 Å². The first-order valence-corrected chi connectivity index (χ1v) is 10.0. The topological polar surface area (TPSA) is 66.8 Å². The minimum Gasteiger partial charge on any atom is -0.503 e. The molecular weight excluding hydrogens is 454 g/mol. The lowest BCUT2D eigenvalue weighted by Gasteiger charge is -2.13. The van der Waals surface area contributed by atoms with Gasteiger partial charge in [-0.1, -0.05) is 29.8 Å². The lowest BCUT2D eigenvalue weighted by molar-refractivity contribution is -0.123. The molecule has 0 aromatic heterocycles. The number of phenolic OH excluding ortho intramolecular Hbond substituents is 1. The Morgan fingerprint density at radius 1 is 1.30 bits per heavy atom. The maximum absolute atomic E-state index is 12.7. The SMILES string of the molecule is CCOc1cc(/C=C2\SC(=O)N(Cc3ccccc3Cl)C2=O)cc(Br)c1O. The summed E-state index contributed by atoms with van der Waals surface area (Å²) in [6, 6.07) is 10.4. The van der Waals surface area contributed by atoms with Gasteiger partial charge >= 0.3 is 0 Å². The van der Waals surface area contributed by atoms with Crippen molar-refractivity contribution in [3.63, 3.8) is 0 Å². The van der Waals surface area contributed by atoms with Crippen LogP contribution in [0.2, 0.25) is 5.02 Å². The first-order valence-electron chi connectivity index (χ1n) is 8.04. The number of carbonyl (C=O) groups excluding carboxylic acids is 2. The first kappa shape index (κ1) is 19.8. The molecule has 2 aromatic carbocycles. The van der Waals surface area contributed by atoms with Gasteiger partial charge in [0.05, 0.1) is 22.5 Å². The van der Waals surface area contributed by atoms with Crippen LogP contribution < -0.4 is 4.74 Å². The van der Waals surface area contributed by atoms with Crippen molar-refractivity contribution in [3.8, 4) is 11.5 Å². The van der Waals surface area contributed by atoms with Crippen molar-refractivity contribution in [2.24, 2.45) is 0 Å². The molecule has 0 saturated carbocycles. The Kier molecular flexibility index (Phi) is 6.14. The van der Waals surface area contributed by atoms with E-state index in [-0.39, 0.29) is 23.4 Å². The number of phenols is 1. The number of carbonyl (C=O) groups is 2. The Morgan fingerprint density at radius 3 is 2.74 bits per heavy atom. The van der Waals surface area contributed by atoms with Crippen molar-refractivity contribution in [3.05, 3.63) is 61.9 Å². The van der Waals surface area contributed by atoms with Crippen LogP contribution in [0.25, 0.3) is 6.08 Å². The Labute approximate surface area is 174 Å². The molecule has 0 atom stereocenters. The van der Waals surface area contributed by atoms with E-state index in [0.717, 1.165) is 16.7 Å². The number of nitrogens with zero attached hydrogens (tertiary/aromatic N) is 1. The molecule has 1 saturated heterocycles. The van der Waals surface area contributed by atoms with Crippen LogP contribution in [0.3, 0.4) is 0 Å². The molecule has 0 radical (unpaired) electrons. The molecule has 0 aliphatic carbocycles. The summed E-state index contributed by atoms with van der Waals surface area (Å²) in [4.78, 5) is 26.4. The smallest absolute Gasteiger partial charge is 0.293 e. The summed E-state index contributed by atoms with van der Waals surface area (Å²) in [5.41, 5.74) is 1.33. The molecule has 5 nitrogen and oxygen atoms in total. The van der Waals surface area contributed by atoms with E-state index in [4.69, 9.17) is 16.3 Å². The van der Waals surface area contributed by atoms with Crippen LogP contribution in [0.15, 0.2) is 45.8 Å². The number of amides is 2. The van der Waals surface area contributed by atoms with Crippen molar-refractivity contribution in [2.75, 3.05) is 6.61 Å². The van der Waals surface area contributed by atoms with E-state index < -0.39 is 0 Å². The molecule has 2 aromatic rings. The molecule has 140 valence electrons. The normalized spacial score (nSPS) is 15.7. The fraction of sp³-hybridized carbons (Fsp3) is 0.158. The number of hydrogen-bond acceptors (Lipinski definition) is 5. The number of aromatic hydroxyl groups is 1. The van der Waals surface area contributed by atoms with Crippen LogP contribution >= 0.6 is 39.3 Å². The fourth-order valence-corrected chi connectivity index (χ4v) is 4.02. The van der Waals surface area contributed by atoms with E-state index in [0.29, 0.717) is 37.9 Å². The Balaban J connectivity index is 1.87. The Hall–Kier alpha value is -1.96. The number of hydrogen-bond donors (Lipinski definition) is 1. The van der Waals surface area contributed by atoms with Crippen molar-refractivity contribution in [1.82, 2.24) is 4.90 Å². The predicted molar refractivity (Wildman–Crippen MR) is 110 cm³/mol. The van der Waals surface area contributed by atoms with E-state index in [1.807, 2.05) is 0 Å². The van der Waals surface area contributed by atoms with Crippen LogP contribution in [0, 0.1) is 0 Å². The number of ether oxygens (including phenoxy) is 1. The minimum absolute atomic E-state index is 0.0131. The van der Waals surface area contributed by atoms with Crippen molar-refractivity contribution >= 4 is 56.5 Å². The van der Waals surface area contributed by atoms with Gasteiger partial charge in [-0.2, -0.15) is 0 Å². The Morgan fingerprint density at radius 2 is 2.04 bits per heavy atom. The summed E-state index contributed by atoms with van der Waals surface area (Å²) in [6.45, 7) is 2.31. The number of imide groups is 1. The molecule has 1 fully saturated rings. The zero-order valence-corrected chi connectivity index (χ0v) is 17.4.